The van der Waals surface area contributed by atoms with Crippen molar-refractivity contribution in [3.63, 3.8) is 0 Å². The second-order valence-corrected chi connectivity index (χ2v) is 13.4. The number of oxime groups is 1. The standard InChI is InChI=1S/C28H35N7O9S2/c1-28(2)17(13-35(28)44-46(39,40)41)12-22(36)24(21-15-45-27(29)33-21)34-43-23(26(37)38)14-42-19-3-4-20-16(11-19)5-10-31-25(20)32-18-6-8-30-9-7-18/h3-5,10-11,15,17-18,23,30H,6-9,12-14H2,1-2H3,(H2,29,33)(H,31,32)(H,37,38)(H,39,40,41)/b34-24-/t17?,23-/m0/s1. The number of hydroxylamine groups is 2. The molecule has 0 spiro atoms. The van der Waals surface area contributed by atoms with E-state index in [1.54, 1.807) is 32.2 Å². The fraction of sp³-hybridized carbons (Fsp3) is 0.464. The number of piperidine rings is 1. The SMILES string of the molecule is CC1(C)C(CC(=O)/C(=N\O[C@@H](COc2ccc3c(NC4CCNCC4)nccc3c2)C(=O)O)c2csc(N)n2)CN1OS(=O)(=O)O. The van der Waals surface area contributed by atoms with E-state index in [-0.39, 0.29) is 29.5 Å². The Balaban J connectivity index is 1.26. The van der Waals surface area contributed by atoms with Crippen molar-refractivity contribution in [2.75, 3.05) is 37.3 Å². The maximum atomic E-state index is 13.4. The molecule has 5 rings (SSSR count). The lowest BCUT2D eigenvalue weighted by molar-refractivity contribution is -0.233. The van der Waals surface area contributed by atoms with Gasteiger partial charge in [-0.05, 0) is 69.4 Å². The van der Waals surface area contributed by atoms with Gasteiger partial charge in [0, 0.05) is 47.4 Å². The number of rotatable bonds is 14. The van der Waals surface area contributed by atoms with Crippen molar-refractivity contribution in [2.45, 2.75) is 50.8 Å². The van der Waals surface area contributed by atoms with Crippen molar-refractivity contribution in [1.29, 1.82) is 0 Å². The predicted octanol–water partition coefficient (Wildman–Crippen LogP) is 2.09. The Morgan fingerprint density at radius 1 is 1.28 bits per heavy atom. The van der Waals surface area contributed by atoms with Crippen LogP contribution in [0.3, 0.4) is 0 Å². The summed E-state index contributed by atoms with van der Waals surface area (Å²) in [6, 6.07) is 7.48. The first kappa shape index (κ1) is 33.4. The highest BCUT2D eigenvalue weighted by Crippen LogP contribution is 2.39. The molecule has 16 nitrogen and oxygen atoms in total. The highest BCUT2D eigenvalue weighted by Gasteiger charge is 2.50. The first-order valence-corrected chi connectivity index (χ1v) is 16.7. The van der Waals surface area contributed by atoms with Gasteiger partial charge in [0.25, 0.3) is 6.10 Å². The van der Waals surface area contributed by atoms with Crippen LogP contribution in [0.5, 0.6) is 5.75 Å². The molecule has 0 radical (unpaired) electrons. The zero-order chi connectivity index (χ0) is 33.1. The third-order valence-corrected chi connectivity index (χ3v) is 9.08. The molecule has 0 amide bonds. The number of hydrogen-bond donors (Lipinski definition) is 5. The molecule has 0 bridgehead atoms. The molecular formula is C28H35N7O9S2. The van der Waals surface area contributed by atoms with Gasteiger partial charge in [0.05, 0.1) is 0 Å². The molecule has 2 atom stereocenters. The lowest BCUT2D eigenvalue weighted by Crippen LogP contribution is -2.64. The Morgan fingerprint density at radius 2 is 2.04 bits per heavy atom. The van der Waals surface area contributed by atoms with Gasteiger partial charge >= 0.3 is 16.4 Å². The van der Waals surface area contributed by atoms with Crippen molar-refractivity contribution in [1.82, 2.24) is 20.3 Å². The molecule has 46 heavy (non-hydrogen) atoms. The van der Waals surface area contributed by atoms with Crippen molar-refractivity contribution in [2.24, 2.45) is 11.1 Å². The molecule has 18 heteroatoms. The molecule has 0 saturated carbocycles. The number of fused-ring (bicyclic) bond motifs is 1. The van der Waals surface area contributed by atoms with Gasteiger partial charge in [0.2, 0.25) is 0 Å². The molecule has 0 aliphatic carbocycles. The number of carboxylic acid groups (broad SMARTS) is 1. The van der Waals surface area contributed by atoms with E-state index in [2.05, 4.69) is 30.0 Å². The maximum absolute atomic E-state index is 13.4. The highest BCUT2D eigenvalue weighted by atomic mass is 32.3. The number of anilines is 2. The lowest BCUT2D eigenvalue weighted by atomic mass is 9.75. The fourth-order valence-corrected chi connectivity index (χ4v) is 6.25. The number of carboxylic acids is 1. The van der Waals surface area contributed by atoms with Crippen molar-refractivity contribution < 1.29 is 41.5 Å². The number of aliphatic carboxylic acids is 1. The Bertz CT molecular complexity index is 1720. The third kappa shape index (κ3) is 8.06. The largest absolute Gasteiger partial charge is 0.489 e. The summed E-state index contributed by atoms with van der Waals surface area (Å²) in [7, 11) is -4.73. The maximum Gasteiger partial charge on any atom is 0.413 e. The molecule has 2 aliphatic rings. The van der Waals surface area contributed by atoms with Crippen LogP contribution in [0.15, 0.2) is 41.0 Å². The molecule has 2 aromatic heterocycles. The number of nitrogens with two attached hydrogens (primary N) is 1. The summed E-state index contributed by atoms with van der Waals surface area (Å²) in [6.07, 6.45) is 1.96. The van der Waals surface area contributed by atoms with E-state index >= 15 is 0 Å². The zero-order valence-corrected chi connectivity index (χ0v) is 26.7. The van der Waals surface area contributed by atoms with E-state index in [1.807, 2.05) is 12.1 Å². The van der Waals surface area contributed by atoms with E-state index in [4.69, 9.17) is 19.9 Å². The minimum absolute atomic E-state index is 0.0227. The number of ketones is 1. The Labute approximate surface area is 268 Å². The van der Waals surface area contributed by atoms with Crippen LogP contribution in [0.25, 0.3) is 10.8 Å². The molecule has 3 aromatic rings. The number of nitrogens with zero attached hydrogens (tertiary/aromatic N) is 4. The number of carbonyl (C=O) groups is 2. The van der Waals surface area contributed by atoms with Crippen molar-refractivity contribution in [3.05, 3.63) is 41.5 Å². The molecule has 2 fully saturated rings. The first-order chi connectivity index (χ1) is 21.8. The van der Waals surface area contributed by atoms with E-state index in [9.17, 15) is 23.1 Å². The van der Waals surface area contributed by atoms with Gasteiger partial charge in [-0.1, -0.05) is 5.16 Å². The van der Waals surface area contributed by atoms with Crippen LogP contribution in [0.1, 0.15) is 38.8 Å². The van der Waals surface area contributed by atoms with E-state index < -0.39 is 46.3 Å². The number of pyridine rings is 1. The molecule has 6 N–H and O–H groups in total. The summed E-state index contributed by atoms with van der Waals surface area (Å²) in [5.74, 6) is -1.15. The number of aromatic nitrogens is 2. The van der Waals surface area contributed by atoms with Crippen LogP contribution in [0.4, 0.5) is 10.9 Å². The van der Waals surface area contributed by atoms with Crippen molar-refractivity contribution in [3.8, 4) is 5.75 Å². The van der Waals surface area contributed by atoms with Gasteiger partial charge < -0.3 is 31.0 Å². The van der Waals surface area contributed by atoms with Gasteiger partial charge in [-0.25, -0.2) is 14.8 Å². The minimum atomic E-state index is -4.73. The smallest absolute Gasteiger partial charge is 0.413 e. The lowest BCUT2D eigenvalue weighted by Gasteiger charge is -2.52. The average Bonchev–Trinajstić information content (AvgIpc) is 3.43. The summed E-state index contributed by atoms with van der Waals surface area (Å²) in [5.41, 5.74) is 4.67. The van der Waals surface area contributed by atoms with Gasteiger partial charge in [-0.2, -0.15) is 17.8 Å². The van der Waals surface area contributed by atoms with Crippen LogP contribution < -0.4 is 21.1 Å². The summed E-state index contributed by atoms with van der Waals surface area (Å²) < 4.78 is 41.6. The summed E-state index contributed by atoms with van der Waals surface area (Å²) in [5, 5.41) is 25.0. The topological polar surface area (TPSA) is 228 Å². The Kier molecular flexibility index (Phi) is 10.0. The van der Waals surface area contributed by atoms with Gasteiger partial charge in [-0.3, -0.25) is 9.35 Å². The van der Waals surface area contributed by atoms with Crippen LogP contribution in [-0.2, 0) is 29.1 Å². The van der Waals surface area contributed by atoms with Gasteiger partial charge in [0.15, 0.2) is 16.6 Å². The third-order valence-electron chi connectivity index (χ3n) is 8.04. The first-order valence-electron chi connectivity index (χ1n) is 14.4. The summed E-state index contributed by atoms with van der Waals surface area (Å²) >= 11 is 1.06. The van der Waals surface area contributed by atoms with Gasteiger partial charge in [-0.15, -0.1) is 11.3 Å². The van der Waals surface area contributed by atoms with E-state index in [1.165, 1.54) is 5.38 Å². The number of nitrogen functional groups attached to an aromatic ring is 1. The summed E-state index contributed by atoms with van der Waals surface area (Å²) in [6.45, 7) is 4.76. The van der Waals surface area contributed by atoms with Crippen LogP contribution >= 0.6 is 11.3 Å². The van der Waals surface area contributed by atoms with Crippen molar-refractivity contribution >= 4 is 60.9 Å². The number of Topliss-reactive ketones (excluding diaryl/α,β-unsaturated/α-hetero) is 1. The quantitative estimate of drug-likeness (QED) is 0.0935. The Hall–Kier alpha value is -3.94. The highest BCUT2D eigenvalue weighted by molar-refractivity contribution is 7.80. The minimum Gasteiger partial charge on any atom is -0.489 e. The zero-order valence-electron chi connectivity index (χ0n) is 25.1. The van der Waals surface area contributed by atoms with E-state index in [0.29, 0.717) is 11.8 Å². The normalized spacial score (nSPS) is 19.7. The molecule has 2 saturated heterocycles. The summed E-state index contributed by atoms with van der Waals surface area (Å²) in [4.78, 5) is 39.3. The van der Waals surface area contributed by atoms with Crippen LogP contribution in [0, 0.1) is 5.92 Å². The van der Waals surface area contributed by atoms with Crippen LogP contribution in [0.2, 0.25) is 0 Å². The number of benzene rings is 1. The predicted molar refractivity (Wildman–Crippen MR) is 169 cm³/mol. The fourth-order valence-electron chi connectivity index (χ4n) is 5.22. The molecule has 1 aromatic carbocycles. The monoisotopic (exact) mass is 677 g/mol. The van der Waals surface area contributed by atoms with E-state index in [0.717, 1.165) is 58.9 Å². The number of carbonyl (C=O) groups excluding carboxylic acids is 1. The molecule has 1 unspecified atom stereocenters. The number of nitrogens with one attached hydrogen (secondary N) is 2. The Morgan fingerprint density at radius 3 is 2.70 bits per heavy atom. The number of ether oxygens (including phenoxy) is 1. The second-order valence-electron chi connectivity index (χ2n) is 11.5. The van der Waals surface area contributed by atoms with Gasteiger partial charge in [0.1, 0.15) is 23.9 Å². The number of hydrogen-bond acceptors (Lipinski definition) is 15. The number of thiazole rings is 1. The molecule has 2 aliphatic heterocycles. The molecular weight excluding hydrogens is 642 g/mol. The second kappa shape index (κ2) is 13.8. The average molecular weight is 678 g/mol. The van der Waals surface area contributed by atoms with Crippen LogP contribution in [-0.4, -0.2) is 94.5 Å². The molecule has 248 valence electrons. The molecule has 4 heterocycles.